The van der Waals surface area contributed by atoms with Crippen LogP contribution in [0.3, 0.4) is 0 Å². The first-order valence-electron chi connectivity index (χ1n) is 8.64. The number of anilines is 1. The maximum absolute atomic E-state index is 13.2. The van der Waals surface area contributed by atoms with Crippen molar-refractivity contribution in [3.05, 3.63) is 64.2 Å². The van der Waals surface area contributed by atoms with E-state index >= 15 is 0 Å². The van der Waals surface area contributed by atoms with Crippen molar-refractivity contribution in [1.29, 1.82) is 0 Å². The molecule has 0 saturated carbocycles. The molecule has 0 fully saturated rings. The minimum absolute atomic E-state index is 0.0495. The maximum atomic E-state index is 13.2. The highest BCUT2D eigenvalue weighted by Gasteiger charge is 2.14. The molecular formula is C19H17Cl2FN4O2S. The summed E-state index contributed by atoms with van der Waals surface area (Å²) in [5.74, 6) is 0.638. The molecule has 0 spiro atoms. The number of amides is 1. The van der Waals surface area contributed by atoms with E-state index in [-0.39, 0.29) is 23.3 Å². The lowest BCUT2D eigenvalue weighted by atomic mass is 10.3. The first-order chi connectivity index (χ1) is 14.0. The van der Waals surface area contributed by atoms with E-state index in [4.69, 9.17) is 27.9 Å². The standard InChI is InChI=1S/C19H17Cl2FN4O2S/c1-2-26-17(10-28-14-6-3-12(20)4-7-14)24-25-19(26)29-11-18(27)23-13-5-8-16(22)15(21)9-13/h3-9H,2,10-11H2,1H3,(H,23,27). The Hall–Kier alpha value is -2.29. The van der Waals surface area contributed by atoms with Gasteiger partial charge in [-0.25, -0.2) is 4.39 Å². The monoisotopic (exact) mass is 454 g/mol. The summed E-state index contributed by atoms with van der Waals surface area (Å²) in [6.07, 6.45) is 0. The van der Waals surface area contributed by atoms with Gasteiger partial charge in [-0.2, -0.15) is 0 Å². The van der Waals surface area contributed by atoms with E-state index in [1.165, 1.54) is 30.0 Å². The Balaban J connectivity index is 1.57. The van der Waals surface area contributed by atoms with Gasteiger partial charge in [0.25, 0.3) is 0 Å². The van der Waals surface area contributed by atoms with Crippen molar-refractivity contribution in [2.45, 2.75) is 25.2 Å². The number of hydrogen-bond donors (Lipinski definition) is 1. The molecule has 0 bridgehead atoms. The van der Waals surface area contributed by atoms with Gasteiger partial charge in [0.05, 0.1) is 10.8 Å². The smallest absolute Gasteiger partial charge is 0.234 e. The van der Waals surface area contributed by atoms with E-state index in [0.717, 1.165) is 0 Å². The number of benzene rings is 2. The Morgan fingerprint density at radius 1 is 1.21 bits per heavy atom. The molecule has 3 rings (SSSR count). The number of carbonyl (C=O) groups is 1. The van der Waals surface area contributed by atoms with Crippen molar-refractivity contribution in [3.8, 4) is 5.75 Å². The van der Waals surface area contributed by atoms with Gasteiger partial charge in [-0.15, -0.1) is 10.2 Å². The van der Waals surface area contributed by atoms with Gasteiger partial charge in [0.15, 0.2) is 11.0 Å². The molecule has 0 unspecified atom stereocenters. The minimum atomic E-state index is -0.538. The number of hydrogen-bond acceptors (Lipinski definition) is 5. The van der Waals surface area contributed by atoms with Crippen LogP contribution in [0.15, 0.2) is 47.6 Å². The third-order valence-electron chi connectivity index (χ3n) is 3.83. The number of rotatable bonds is 8. The van der Waals surface area contributed by atoms with Crippen LogP contribution in [0.2, 0.25) is 10.0 Å². The van der Waals surface area contributed by atoms with E-state index in [1.807, 2.05) is 11.5 Å². The van der Waals surface area contributed by atoms with Crippen LogP contribution in [-0.2, 0) is 17.9 Å². The zero-order valence-electron chi connectivity index (χ0n) is 15.4. The first-order valence-corrected chi connectivity index (χ1v) is 10.4. The second-order valence-electron chi connectivity index (χ2n) is 5.85. The summed E-state index contributed by atoms with van der Waals surface area (Å²) in [6.45, 7) is 2.83. The predicted molar refractivity (Wildman–Crippen MR) is 112 cm³/mol. The fourth-order valence-electron chi connectivity index (χ4n) is 2.43. The first kappa shape index (κ1) is 21.4. The number of nitrogens with zero attached hydrogens (tertiary/aromatic N) is 3. The summed E-state index contributed by atoms with van der Waals surface area (Å²) in [4.78, 5) is 12.2. The fourth-order valence-corrected chi connectivity index (χ4v) is 3.56. The largest absolute Gasteiger partial charge is 0.486 e. The number of nitrogens with one attached hydrogen (secondary N) is 1. The number of thioether (sulfide) groups is 1. The van der Waals surface area contributed by atoms with Gasteiger partial charge in [0.1, 0.15) is 18.2 Å². The van der Waals surface area contributed by atoms with Crippen LogP contribution >= 0.6 is 35.0 Å². The van der Waals surface area contributed by atoms with E-state index in [0.29, 0.717) is 34.0 Å². The molecule has 6 nitrogen and oxygen atoms in total. The van der Waals surface area contributed by atoms with Crippen LogP contribution in [0.5, 0.6) is 5.75 Å². The molecule has 152 valence electrons. The van der Waals surface area contributed by atoms with E-state index in [9.17, 15) is 9.18 Å². The van der Waals surface area contributed by atoms with Crippen molar-refractivity contribution < 1.29 is 13.9 Å². The molecule has 0 aliphatic carbocycles. The average molecular weight is 455 g/mol. The summed E-state index contributed by atoms with van der Waals surface area (Å²) < 4.78 is 20.8. The number of aromatic nitrogens is 3. The molecular weight excluding hydrogens is 438 g/mol. The lowest BCUT2D eigenvalue weighted by Crippen LogP contribution is -2.15. The second kappa shape index (κ2) is 9.96. The lowest BCUT2D eigenvalue weighted by Gasteiger charge is -2.09. The molecule has 3 aromatic rings. The van der Waals surface area contributed by atoms with E-state index in [1.54, 1.807) is 24.3 Å². The zero-order chi connectivity index (χ0) is 20.8. The molecule has 2 aromatic carbocycles. The fraction of sp³-hybridized carbons (Fsp3) is 0.211. The number of halogens is 3. The SMILES string of the molecule is CCn1c(COc2ccc(Cl)cc2)nnc1SCC(=O)Nc1ccc(F)c(Cl)c1. The highest BCUT2D eigenvalue weighted by molar-refractivity contribution is 7.99. The van der Waals surface area contributed by atoms with Crippen molar-refractivity contribution in [1.82, 2.24) is 14.8 Å². The molecule has 29 heavy (non-hydrogen) atoms. The Morgan fingerprint density at radius 3 is 2.66 bits per heavy atom. The summed E-state index contributed by atoms with van der Waals surface area (Å²) in [7, 11) is 0. The average Bonchev–Trinajstić information content (AvgIpc) is 3.10. The molecule has 1 amide bonds. The summed E-state index contributed by atoms with van der Waals surface area (Å²) in [5.41, 5.74) is 0.427. The van der Waals surface area contributed by atoms with Gasteiger partial charge in [-0.3, -0.25) is 4.79 Å². The Morgan fingerprint density at radius 2 is 1.97 bits per heavy atom. The number of ether oxygens (including phenoxy) is 1. The van der Waals surface area contributed by atoms with Gasteiger partial charge in [-0.1, -0.05) is 35.0 Å². The van der Waals surface area contributed by atoms with Crippen molar-refractivity contribution in [2.24, 2.45) is 0 Å². The van der Waals surface area contributed by atoms with Crippen molar-refractivity contribution in [2.75, 3.05) is 11.1 Å². The van der Waals surface area contributed by atoms with E-state index in [2.05, 4.69) is 15.5 Å². The minimum Gasteiger partial charge on any atom is -0.486 e. The quantitative estimate of drug-likeness (QED) is 0.482. The summed E-state index contributed by atoms with van der Waals surface area (Å²) >= 11 is 12.8. The Bertz CT molecular complexity index is 998. The second-order valence-corrected chi connectivity index (χ2v) is 7.64. The third-order valence-corrected chi connectivity index (χ3v) is 5.34. The maximum Gasteiger partial charge on any atom is 0.234 e. The molecule has 10 heteroatoms. The molecule has 0 aliphatic heterocycles. The molecule has 1 N–H and O–H groups in total. The molecule has 0 radical (unpaired) electrons. The molecule has 0 atom stereocenters. The van der Waals surface area contributed by atoms with Gasteiger partial charge >= 0.3 is 0 Å². The van der Waals surface area contributed by atoms with Crippen LogP contribution in [0.4, 0.5) is 10.1 Å². The highest BCUT2D eigenvalue weighted by Crippen LogP contribution is 2.22. The Labute approximate surface area is 181 Å². The third kappa shape index (κ3) is 5.85. The van der Waals surface area contributed by atoms with E-state index < -0.39 is 5.82 Å². The van der Waals surface area contributed by atoms with Gasteiger partial charge in [-0.05, 0) is 49.4 Å². The molecule has 1 heterocycles. The molecule has 0 aliphatic rings. The van der Waals surface area contributed by atoms with Crippen LogP contribution in [0.25, 0.3) is 0 Å². The van der Waals surface area contributed by atoms with Crippen LogP contribution in [0.1, 0.15) is 12.7 Å². The van der Waals surface area contributed by atoms with Crippen molar-refractivity contribution >= 4 is 46.6 Å². The van der Waals surface area contributed by atoms with Gasteiger partial charge < -0.3 is 14.6 Å². The topological polar surface area (TPSA) is 69.0 Å². The van der Waals surface area contributed by atoms with Crippen molar-refractivity contribution in [3.63, 3.8) is 0 Å². The number of carbonyl (C=O) groups excluding carboxylic acids is 1. The summed E-state index contributed by atoms with van der Waals surface area (Å²) in [5, 5.41) is 12.2. The normalized spacial score (nSPS) is 10.8. The van der Waals surface area contributed by atoms with Crippen LogP contribution in [-0.4, -0.2) is 26.4 Å². The van der Waals surface area contributed by atoms with Gasteiger partial charge in [0.2, 0.25) is 5.91 Å². The predicted octanol–water partition coefficient (Wildman–Crippen LogP) is 5.05. The lowest BCUT2D eigenvalue weighted by molar-refractivity contribution is -0.113. The van der Waals surface area contributed by atoms with Crippen LogP contribution in [0, 0.1) is 5.82 Å². The zero-order valence-corrected chi connectivity index (χ0v) is 17.7. The van der Waals surface area contributed by atoms with Crippen LogP contribution < -0.4 is 10.1 Å². The highest BCUT2D eigenvalue weighted by atomic mass is 35.5. The Kier molecular flexibility index (Phi) is 7.35. The molecule has 0 saturated heterocycles. The molecule has 1 aromatic heterocycles. The van der Waals surface area contributed by atoms with Gasteiger partial charge in [0, 0.05) is 17.3 Å². The summed E-state index contributed by atoms with van der Waals surface area (Å²) in [6, 6.07) is 11.1.